The number of nitrogens with zero attached hydrogens (tertiary/aromatic N) is 1. The molecule has 0 fully saturated rings. The van der Waals surface area contributed by atoms with Crippen LogP contribution in [0.4, 0.5) is 0 Å². The lowest BCUT2D eigenvalue weighted by Crippen LogP contribution is -2.25. The van der Waals surface area contributed by atoms with Crippen molar-refractivity contribution in [2.45, 2.75) is 26.4 Å². The number of carbonyl (C=O) groups is 2. The van der Waals surface area contributed by atoms with Crippen LogP contribution in [0, 0.1) is 0 Å². The van der Waals surface area contributed by atoms with Gasteiger partial charge in [0.15, 0.2) is 0 Å². The molecule has 5 nitrogen and oxygen atoms in total. The maximum atomic E-state index is 12.4. The normalized spacial score (nSPS) is 10.7. The molecule has 0 atom stereocenters. The molecule has 0 bridgehead atoms. The molecule has 0 aliphatic carbocycles. The molecule has 2 rings (SSSR count). The summed E-state index contributed by atoms with van der Waals surface area (Å²) in [5.74, 6) is -0.512. The highest BCUT2D eigenvalue weighted by Crippen LogP contribution is 2.19. The van der Waals surface area contributed by atoms with E-state index in [0.29, 0.717) is 17.8 Å². The first-order valence-corrected chi connectivity index (χ1v) is 8.04. The SMILES string of the molecule is COC(=O)c1ccc(CNC(=O)c2cc(Br)cn2C(C)C)cc1. The third-order valence-electron chi connectivity index (χ3n) is 3.43. The van der Waals surface area contributed by atoms with Crippen LogP contribution in [0.15, 0.2) is 41.0 Å². The number of aromatic nitrogens is 1. The lowest BCUT2D eigenvalue weighted by molar-refractivity contribution is 0.0600. The number of hydrogen-bond acceptors (Lipinski definition) is 3. The summed E-state index contributed by atoms with van der Waals surface area (Å²) in [7, 11) is 1.35. The van der Waals surface area contributed by atoms with Gasteiger partial charge in [0.05, 0.1) is 12.7 Å². The Balaban J connectivity index is 2.03. The number of halogens is 1. The van der Waals surface area contributed by atoms with E-state index in [4.69, 9.17) is 0 Å². The third kappa shape index (κ3) is 4.22. The number of amides is 1. The van der Waals surface area contributed by atoms with Gasteiger partial charge in [0.25, 0.3) is 5.91 Å². The fourth-order valence-corrected chi connectivity index (χ4v) is 2.64. The number of benzene rings is 1. The first-order chi connectivity index (χ1) is 10.9. The Hall–Kier alpha value is -2.08. The molecular weight excluding hydrogens is 360 g/mol. The second kappa shape index (κ2) is 7.46. The number of methoxy groups -OCH3 is 1. The zero-order chi connectivity index (χ0) is 17.0. The van der Waals surface area contributed by atoms with Crippen molar-refractivity contribution in [1.29, 1.82) is 0 Å². The third-order valence-corrected chi connectivity index (χ3v) is 3.87. The zero-order valence-corrected chi connectivity index (χ0v) is 14.9. The standard InChI is InChI=1S/C17H19BrN2O3/c1-11(2)20-10-14(18)8-15(20)16(21)19-9-12-4-6-13(7-5-12)17(22)23-3/h4-8,10-11H,9H2,1-3H3,(H,19,21). The number of carbonyl (C=O) groups excluding carboxylic acids is 2. The second-order valence-electron chi connectivity index (χ2n) is 5.42. The van der Waals surface area contributed by atoms with Gasteiger partial charge in [-0.1, -0.05) is 12.1 Å². The molecule has 1 heterocycles. The maximum Gasteiger partial charge on any atom is 0.337 e. The average molecular weight is 379 g/mol. The van der Waals surface area contributed by atoms with Crippen molar-refractivity contribution in [3.8, 4) is 0 Å². The van der Waals surface area contributed by atoms with Crippen molar-refractivity contribution in [3.05, 3.63) is 57.8 Å². The van der Waals surface area contributed by atoms with Gasteiger partial charge in [0.2, 0.25) is 0 Å². The second-order valence-corrected chi connectivity index (χ2v) is 6.33. The smallest absolute Gasteiger partial charge is 0.337 e. The van der Waals surface area contributed by atoms with Crippen molar-refractivity contribution in [3.63, 3.8) is 0 Å². The highest BCUT2D eigenvalue weighted by molar-refractivity contribution is 9.10. The highest BCUT2D eigenvalue weighted by atomic mass is 79.9. The number of rotatable bonds is 5. The fourth-order valence-electron chi connectivity index (χ4n) is 2.20. The van der Waals surface area contributed by atoms with Gasteiger partial charge in [-0.25, -0.2) is 4.79 Å². The molecule has 1 N–H and O–H groups in total. The zero-order valence-electron chi connectivity index (χ0n) is 13.3. The molecule has 1 amide bonds. The number of hydrogen-bond donors (Lipinski definition) is 1. The van der Waals surface area contributed by atoms with Crippen molar-refractivity contribution in [2.75, 3.05) is 7.11 Å². The summed E-state index contributed by atoms with van der Waals surface area (Å²) in [6.07, 6.45) is 1.89. The Morgan fingerprint density at radius 1 is 1.26 bits per heavy atom. The van der Waals surface area contributed by atoms with Crippen LogP contribution in [0.5, 0.6) is 0 Å². The molecule has 0 aliphatic rings. The summed E-state index contributed by atoms with van der Waals surface area (Å²) >= 11 is 3.40. The predicted molar refractivity (Wildman–Crippen MR) is 91.5 cm³/mol. The summed E-state index contributed by atoms with van der Waals surface area (Å²) in [4.78, 5) is 23.7. The molecule has 2 aromatic rings. The quantitative estimate of drug-likeness (QED) is 0.809. The van der Waals surface area contributed by atoms with Crippen LogP contribution in [0.3, 0.4) is 0 Å². The minimum Gasteiger partial charge on any atom is -0.465 e. The summed E-state index contributed by atoms with van der Waals surface area (Å²) < 4.78 is 7.44. The van der Waals surface area contributed by atoms with E-state index in [2.05, 4.69) is 26.0 Å². The van der Waals surface area contributed by atoms with Gasteiger partial charge in [0, 0.05) is 23.3 Å². The van der Waals surface area contributed by atoms with Crippen LogP contribution in [0.25, 0.3) is 0 Å². The van der Waals surface area contributed by atoms with Gasteiger partial charge in [-0.3, -0.25) is 4.79 Å². The van der Waals surface area contributed by atoms with E-state index in [0.717, 1.165) is 10.0 Å². The molecule has 0 radical (unpaired) electrons. The monoisotopic (exact) mass is 378 g/mol. The first kappa shape index (κ1) is 17.3. The minimum absolute atomic E-state index is 0.138. The first-order valence-electron chi connectivity index (χ1n) is 7.25. The predicted octanol–water partition coefficient (Wildman–Crippen LogP) is 3.55. The van der Waals surface area contributed by atoms with Crippen LogP contribution in [-0.4, -0.2) is 23.6 Å². The molecular formula is C17H19BrN2O3. The van der Waals surface area contributed by atoms with E-state index < -0.39 is 0 Å². The van der Waals surface area contributed by atoms with E-state index in [1.165, 1.54) is 7.11 Å². The van der Waals surface area contributed by atoms with Crippen molar-refractivity contribution < 1.29 is 14.3 Å². The van der Waals surface area contributed by atoms with Crippen molar-refractivity contribution in [2.24, 2.45) is 0 Å². The lowest BCUT2D eigenvalue weighted by Gasteiger charge is -2.12. The molecule has 1 aromatic heterocycles. The van der Waals surface area contributed by atoms with Gasteiger partial charge < -0.3 is 14.6 Å². The molecule has 0 unspecified atom stereocenters. The Bertz CT molecular complexity index is 705. The Morgan fingerprint density at radius 3 is 2.48 bits per heavy atom. The summed E-state index contributed by atoms with van der Waals surface area (Å²) in [6.45, 7) is 4.44. The molecule has 0 saturated carbocycles. The summed E-state index contributed by atoms with van der Waals surface area (Å²) in [5.41, 5.74) is 2.01. The Morgan fingerprint density at radius 2 is 1.91 bits per heavy atom. The summed E-state index contributed by atoms with van der Waals surface area (Å²) in [6, 6.07) is 8.95. The Labute approximate surface area is 143 Å². The molecule has 23 heavy (non-hydrogen) atoms. The van der Waals surface area contributed by atoms with Crippen LogP contribution >= 0.6 is 15.9 Å². The van der Waals surface area contributed by atoms with Crippen molar-refractivity contribution in [1.82, 2.24) is 9.88 Å². The molecule has 0 spiro atoms. The molecule has 1 aromatic carbocycles. The van der Waals surface area contributed by atoms with Crippen LogP contribution in [0.2, 0.25) is 0 Å². The lowest BCUT2D eigenvalue weighted by atomic mass is 10.1. The van der Waals surface area contributed by atoms with Crippen LogP contribution < -0.4 is 5.32 Å². The molecule has 0 saturated heterocycles. The molecule has 0 aliphatic heterocycles. The fraction of sp³-hybridized carbons (Fsp3) is 0.294. The summed E-state index contributed by atoms with van der Waals surface area (Å²) in [5, 5.41) is 2.89. The van der Waals surface area contributed by atoms with E-state index in [-0.39, 0.29) is 17.9 Å². The number of nitrogens with one attached hydrogen (secondary N) is 1. The maximum absolute atomic E-state index is 12.4. The topological polar surface area (TPSA) is 60.3 Å². The van der Waals surface area contributed by atoms with Gasteiger partial charge in [-0.05, 0) is 53.5 Å². The van der Waals surface area contributed by atoms with Gasteiger partial charge in [-0.2, -0.15) is 0 Å². The molecule has 122 valence electrons. The highest BCUT2D eigenvalue weighted by Gasteiger charge is 2.14. The Kier molecular flexibility index (Phi) is 5.60. The molecule has 6 heteroatoms. The minimum atomic E-state index is -0.375. The van der Waals surface area contributed by atoms with E-state index in [1.807, 2.05) is 24.6 Å². The van der Waals surface area contributed by atoms with Gasteiger partial charge in [0.1, 0.15) is 5.69 Å². The van der Waals surface area contributed by atoms with Crippen LogP contribution in [-0.2, 0) is 11.3 Å². The van der Waals surface area contributed by atoms with Crippen molar-refractivity contribution >= 4 is 27.8 Å². The van der Waals surface area contributed by atoms with E-state index in [9.17, 15) is 9.59 Å². The van der Waals surface area contributed by atoms with E-state index in [1.54, 1.807) is 30.3 Å². The number of ether oxygens (including phenoxy) is 1. The van der Waals surface area contributed by atoms with Gasteiger partial charge >= 0.3 is 5.97 Å². The number of esters is 1. The van der Waals surface area contributed by atoms with Crippen LogP contribution in [0.1, 0.15) is 46.3 Å². The van der Waals surface area contributed by atoms with Gasteiger partial charge in [-0.15, -0.1) is 0 Å². The largest absolute Gasteiger partial charge is 0.465 e. The average Bonchev–Trinajstić information content (AvgIpc) is 2.94. The van der Waals surface area contributed by atoms with E-state index >= 15 is 0 Å².